The van der Waals surface area contributed by atoms with Crippen LogP contribution in [0.2, 0.25) is 0 Å². The molecule has 0 fully saturated rings. The van der Waals surface area contributed by atoms with Gasteiger partial charge in [-0.25, -0.2) is 0 Å². The first-order chi connectivity index (χ1) is 7.79. The van der Waals surface area contributed by atoms with Gasteiger partial charge in [0.05, 0.1) is 0 Å². The predicted octanol–water partition coefficient (Wildman–Crippen LogP) is 3.41. The molecule has 1 atom stereocenters. The second kappa shape index (κ2) is 5.57. The summed E-state index contributed by atoms with van der Waals surface area (Å²) in [5.41, 5.74) is 1.11. The first-order valence-corrected chi connectivity index (χ1v) is 6.78. The molecule has 0 saturated carbocycles. The molecule has 0 spiro atoms. The van der Waals surface area contributed by atoms with Gasteiger partial charge in [-0.05, 0) is 46.6 Å². The van der Waals surface area contributed by atoms with Crippen molar-refractivity contribution in [3.8, 4) is 0 Å². The highest BCUT2D eigenvalue weighted by Crippen LogP contribution is 2.22. The van der Waals surface area contributed by atoms with Crippen LogP contribution in [0.25, 0.3) is 0 Å². The zero-order valence-corrected chi connectivity index (χ0v) is 11.4. The first kappa shape index (κ1) is 11.8. The number of rotatable bonds is 4. The van der Waals surface area contributed by atoms with E-state index in [1.54, 1.807) is 11.3 Å². The van der Waals surface area contributed by atoms with E-state index >= 15 is 0 Å². The minimum atomic E-state index is 0.355. The number of nitrogens with one attached hydrogen (secondary N) is 1. The Morgan fingerprint density at radius 1 is 1.44 bits per heavy atom. The molecule has 2 rings (SSSR count). The van der Waals surface area contributed by atoms with Gasteiger partial charge < -0.3 is 5.32 Å². The zero-order chi connectivity index (χ0) is 11.4. The lowest BCUT2D eigenvalue weighted by Gasteiger charge is -2.13. The summed E-state index contributed by atoms with van der Waals surface area (Å²) in [6, 6.07) is 8.68. The number of pyridine rings is 1. The Hall–Kier alpha value is -0.710. The standard InChI is InChI=1S/C12H13BrN2S/c1-14-11(12-3-2-6-16-12)7-10-5-4-9(13)8-15-10/h2-6,8,11,14H,7H2,1H3. The highest BCUT2D eigenvalue weighted by molar-refractivity contribution is 9.10. The molecule has 2 nitrogen and oxygen atoms in total. The van der Waals surface area contributed by atoms with E-state index in [0.717, 1.165) is 16.6 Å². The minimum Gasteiger partial charge on any atom is -0.312 e. The van der Waals surface area contributed by atoms with E-state index in [0.29, 0.717) is 6.04 Å². The van der Waals surface area contributed by atoms with Crippen LogP contribution in [0.4, 0.5) is 0 Å². The van der Waals surface area contributed by atoms with E-state index in [4.69, 9.17) is 0 Å². The Balaban J connectivity index is 2.10. The Labute approximate surface area is 108 Å². The third-order valence-corrected chi connectivity index (χ3v) is 3.89. The molecule has 2 aromatic rings. The molecule has 4 heteroatoms. The summed E-state index contributed by atoms with van der Waals surface area (Å²) in [6.45, 7) is 0. The molecule has 1 unspecified atom stereocenters. The monoisotopic (exact) mass is 296 g/mol. The highest BCUT2D eigenvalue weighted by atomic mass is 79.9. The van der Waals surface area contributed by atoms with E-state index in [1.807, 2.05) is 19.3 Å². The molecule has 0 saturated heterocycles. The Bertz CT molecular complexity index is 425. The molecular formula is C12H13BrN2S. The number of likely N-dealkylation sites (N-methyl/N-ethyl adjacent to an activating group) is 1. The molecule has 84 valence electrons. The molecule has 0 radical (unpaired) electrons. The van der Waals surface area contributed by atoms with Crippen LogP contribution in [-0.4, -0.2) is 12.0 Å². The fraction of sp³-hybridized carbons (Fsp3) is 0.250. The summed E-state index contributed by atoms with van der Waals surface area (Å²) in [6.07, 6.45) is 2.76. The van der Waals surface area contributed by atoms with Crippen LogP contribution in [0.5, 0.6) is 0 Å². The van der Waals surface area contributed by atoms with Gasteiger partial charge in [-0.15, -0.1) is 11.3 Å². The lowest BCUT2D eigenvalue weighted by atomic mass is 10.1. The number of nitrogens with zero attached hydrogens (tertiary/aromatic N) is 1. The molecule has 0 amide bonds. The minimum absolute atomic E-state index is 0.355. The third kappa shape index (κ3) is 2.90. The van der Waals surface area contributed by atoms with Crippen molar-refractivity contribution in [3.63, 3.8) is 0 Å². The van der Waals surface area contributed by atoms with Crippen LogP contribution in [0.3, 0.4) is 0 Å². The number of hydrogen-bond donors (Lipinski definition) is 1. The molecule has 1 N–H and O–H groups in total. The molecular weight excluding hydrogens is 284 g/mol. The molecule has 0 aliphatic heterocycles. The van der Waals surface area contributed by atoms with E-state index in [1.165, 1.54) is 4.88 Å². The Kier molecular flexibility index (Phi) is 4.09. The molecule has 0 bridgehead atoms. The topological polar surface area (TPSA) is 24.9 Å². The predicted molar refractivity (Wildman–Crippen MR) is 71.8 cm³/mol. The maximum absolute atomic E-state index is 4.39. The molecule has 0 aliphatic carbocycles. The lowest BCUT2D eigenvalue weighted by molar-refractivity contribution is 0.594. The van der Waals surface area contributed by atoms with Gasteiger partial charge >= 0.3 is 0 Å². The van der Waals surface area contributed by atoms with E-state index in [9.17, 15) is 0 Å². The van der Waals surface area contributed by atoms with Gasteiger partial charge in [-0.2, -0.15) is 0 Å². The van der Waals surface area contributed by atoms with Crippen molar-refractivity contribution < 1.29 is 0 Å². The van der Waals surface area contributed by atoms with E-state index < -0.39 is 0 Å². The molecule has 2 heterocycles. The van der Waals surface area contributed by atoms with Crippen LogP contribution in [-0.2, 0) is 6.42 Å². The number of halogens is 1. The van der Waals surface area contributed by atoms with Gasteiger partial charge in [0.2, 0.25) is 0 Å². The van der Waals surface area contributed by atoms with Gasteiger partial charge in [0.15, 0.2) is 0 Å². The van der Waals surface area contributed by atoms with Crippen LogP contribution in [0.1, 0.15) is 16.6 Å². The Morgan fingerprint density at radius 2 is 2.31 bits per heavy atom. The Morgan fingerprint density at radius 3 is 2.88 bits per heavy atom. The molecule has 16 heavy (non-hydrogen) atoms. The summed E-state index contributed by atoms with van der Waals surface area (Å²) >= 11 is 5.17. The van der Waals surface area contributed by atoms with Gasteiger partial charge in [-0.1, -0.05) is 6.07 Å². The average molecular weight is 297 g/mol. The van der Waals surface area contributed by atoms with Gasteiger partial charge in [0.25, 0.3) is 0 Å². The van der Waals surface area contributed by atoms with Crippen molar-refractivity contribution in [1.29, 1.82) is 0 Å². The summed E-state index contributed by atoms with van der Waals surface area (Å²) in [5, 5.41) is 5.43. The maximum Gasteiger partial charge on any atom is 0.0468 e. The van der Waals surface area contributed by atoms with Crippen molar-refractivity contribution in [2.24, 2.45) is 0 Å². The van der Waals surface area contributed by atoms with Crippen molar-refractivity contribution in [2.75, 3.05) is 7.05 Å². The van der Waals surface area contributed by atoms with Crippen LogP contribution >= 0.6 is 27.3 Å². The molecule has 0 aromatic carbocycles. The number of hydrogen-bond acceptors (Lipinski definition) is 3. The largest absolute Gasteiger partial charge is 0.312 e. The first-order valence-electron chi connectivity index (χ1n) is 5.10. The quantitative estimate of drug-likeness (QED) is 0.935. The van der Waals surface area contributed by atoms with Crippen molar-refractivity contribution in [1.82, 2.24) is 10.3 Å². The average Bonchev–Trinajstić information content (AvgIpc) is 2.82. The summed E-state index contributed by atoms with van der Waals surface area (Å²) in [7, 11) is 1.99. The fourth-order valence-corrected chi connectivity index (χ4v) is 2.64. The fourth-order valence-electron chi connectivity index (χ4n) is 1.57. The lowest BCUT2D eigenvalue weighted by Crippen LogP contribution is -2.18. The maximum atomic E-state index is 4.39. The van der Waals surface area contributed by atoms with Crippen LogP contribution < -0.4 is 5.32 Å². The van der Waals surface area contributed by atoms with E-state index in [2.05, 4.69) is 49.8 Å². The second-order valence-corrected chi connectivity index (χ2v) is 5.42. The summed E-state index contributed by atoms with van der Waals surface area (Å²) < 4.78 is 1.02. The summed E-state index contributed by atoms with van der Waals surface area (Å²) in [4.78, 5) is 5.75. The second-order valence-electron chi connectivity index (χ2n) is 3.53. The van der Waals surface area contributed by atoms with Crippen LogP contribution in [0.15, 0.2) is 40.3 Å². The summed E-state index contributed by atoms with van der Waals surface area (Å²) in [5.74, 6) is 0. The smallest absolute Gasteiger partial charge is 0.0468 e. The zero-order valence-electron chi connectivity index (χ0n) is 8.98. The normalized spacial score (nSPS) is 12.6. The number of aromatic nitrogens is 1. The van der Waals surface area contributed by atoms with Crippen molar-refractivity contribution >= 4 is 27.3 Å². The van der Waals surface area contributed by atoms with Crippen molar-refractivity contribution in [3.05, 3.63) is 50.9 Å². The SMILES string of the molecule is CNC(Cc1ccc(Br)cn1)c1cccs1. The molecule has 0 aliphatic rings. The third-order valence-electron chi connectivity index (χ3n) is 2.44. The van der Waals surface area contributed by atoms with Crippen molar-refractivity contribution in [2.45, 2.75) is 12.5 Å². The van der Waals surface area contributed by atoms with Crippen LogP contribution in [0, 0.1) is 0 Å². The number of thiophene rings is 1. The highest BCUT2D eigenvalue weighted by Gasteiger charge is 2.11. The van der Waals surface area contributed by atoms with E-state index in [-0.39, 0.29) is 0 Å². The van der Waals surface area contributed by atoms with Gasteiger partial charge in [0, 0.05) is 33.7 Å². The van der Waals surface area contributed by atoms with Gasteiger partial charge in [0.1, 0.15) is 0 Å². The van der Waals surface area contributed by atoms with Gasteiger partial charge in [-0.3, -0.25) is 4.98 Å². The molecule has 2 aromatic heterocycles.